The van der Waals surface area contributed by atoms with Gasteiger partial charge in [0.05, 0.1) is 18.1 Å². The van der Waals surface area contributed by atoms with Crippen LogP contribution in [0.1, 0.15) is 39.5 Å². The van der Waals surface area contributed by atoms with E-state index in [1.807, 2.05) is 26.0 Å². The van der Waals surface area contributed by atoms with Crippen LogP contribution in [-0.2, 0) is 29.0 Å². The summed E-state index contributed by atoms with van der Waals surface area (Å²) in [5.41, 5.74) is 0. The topological polar surface area (TPSA) is 90.9 Å². The third-order valence-electron chi connectivity index (χ3n) is 4.33. The molecule has 0 saturated carbocycles. The summed E-state index contributed by atoms with van der Waals surface area (Å²) in [5, 5.41) is 0. The first-order valence-electron chi connectivity index (χ1n) is 9.36. The van der Waals surface area contributed by atoms with E-state index in [0.717, 1.165) is 12.8 Å². The van der Waals surface area contributed by atoms with Crippen LogP contribution in [0.4, 0.5) is 0 Å². The number of sulfonamides is 1. The molecule has 0 aromatic heterocycles. The van der Waals surface area contributed by atoms with Gasteiger partial charge in [0.15, 0.2) is 5.79 Å². The molecule has 0 unspecified atom stereocenters. The van der Waals surface area contributed by atoms with Crippen LogP contribution < -0.4 is 4.72 Å². The lowest BCUT2D eigenvalue weighted by Crippen LogP contribution is -2.37. The average Bonchev–Trinajstić information content (AvgIpc) is 2.97. The van der Waals surface area contributed by atoms with Crippen molar-refractivity contribution in [3.8, 4) is 0 Å². The Morgan fingerprint density at radius 1 is 1.18 bits per heavy atom. The van der Waals surface area contributed by atoms with Gasteiger partial charge in [0.1, 0.15) is 6.10 Å². The number of rotatable bonds is 10. The number of benzene rings is 1. The second-order valence-corrected chi connectivity index (χ2v) is 8.82. The monoisotopic (exact) mass is 411 g/mol. The van der Waals surface area contributed by atoms with Crippen molar-refractivity contribution in [2.24, 2.45) is 0 Å². The van der Waals surface area contributed by atoms with E-state index >= 15 is 0 Å². The molecule has 1 heterocycles. The van der Waals surface area contributed by atoms with Crippen LogP contribution >= 0.6 is 0 Å². The van der Waals surface area contributed by atoms with E-state index in [2.05, 4.69) is 9.46 Å². The zero-order chi connectivity index (χ0) is 20.6. The lowest BCUT2D eigenvalue weighted by Gasteiger charge is -2.17. The summed E-state index contributed by atoms with van der Waals surface area (Å²) in [6.07, 6.45) is 5.78. The van der Waals surface area contributed by atoms with Gasteiger partial charge in [0, 0.05) is 13.0 Å². The van der Waals surface area contributed by atoms with Crippen LogP contribution in [0.5, 0.6) is 0 Å². The fourth-order valence-corrected chi connectivity index (χ4v) is 4.04. The van der Waals surface area contributed by atoms with Gasteiger partial charge in [-0.1, -0.05) is 30.4 Å². The van der Waals surface area contributed by atoms with Crippen LogP contribution in [0.3, 0.4) is 0 Å². The third-order valence-corrected chi connectivity index (χ3v) is 5.77. The standard InChI is InChI=1S/C20H29NO6S/c1-20(2)26-17(13-9-4-5-10-14-19(22)25-3)18(27-20)15-21-28(23,24)16-11-7-6-8-12-16/h4,6-9,11-12,17-18,21H,5,10,13-15H2,1-3H3/b9-4-/t17-,18+/m0/s1. The van der Waals surface area contributed by atoms with Crippen LogP contribution in [-0.4, -0.2) is 46.0 Å². The minimum Gasteiger partial charge on any atom is -0.469 e. The van der Waals surface area contributed by atoms with Crippen LogP contribution in [0.15, 0.2) is 47.4 Å². The zero-order valence-corrected chi connectivity index (χ0v) is 17.4. The van der Waals surface area contributed by atoms with Crippen molar-refractivity contribution < 1.29 is 27.4 Å². The Kier molecular flexibility index (Phi) is 8.18. The highest BCUT2D eigenvalue weighted by Crippen LogP contribution is 2.30. The van der Waals surface area contributed by atoms with Crippen molar-refractivity contribution in [1.29, 1.82) is 0 Å². The molecule has 1 aliphatic rings. The highest BCUT2D eigenvalue weighted by Gasteiger charge is 2.40. The van der Waals surface area contributed by atoms with Crippen molar-refractivity contribution in [2.45, 2.75) is 62.4 Å². The Hall–Kier alpha value is -1.74. The van der Waals surface area contributed by atoms with Gasteiger partial charge in [-0.3, -0.25) is 4.79 Å². The molecule has 1 aromatic rings. The van der Waals surface area contributed by atoms with Crippen molar-refractivity contribution >= 4 is 16.0 Å². The Labute approximate surface area is 167 Å². The first kappa shape index (κ1) is 22.5. The second kappa shape index (κ2) is 10.2. The largest absolute Gasteiger partial charge is 0.469 e. The van der Waals surface area contributed by atoms with E-state index in [1.165, 1.54) is 7.11 Å². The number of carbonyl (C=O) groups is 1. The van der Waals surface area contributed by atoms with E-state index in [9.17, 15) is 13.2 Å². The van der Waals surface area contributed by atoms with Gasteiger partial charge in [0.25, 0.3) is 0 Å². The van der Waals surface area contributed by atoms with Gasteiger partial charge >= 0.3 is 5.97 Å². The number of allylic oxidation sites excluding steroid dienone is 1. The molecule has 2 rings (SSSR count). The zero-order valence-electron chi connectivity index (χ0n) is 16.6. The Bertz CT molecular complexity index is 760. The number of ether oxygens (including phenoxy) is 3. The predicted molar refractivity (Wildman–Crippen MR) is 105 cm³/mol. The predicted octanol–water partition coefficient (Wildman–Crippen LogP) is 2.77. The molecule has 0 bridgehead atoms. The lowest BCUT2D eigenvalue weighted by atomic mass is 10.1. The molecule has 156 valence electrons. The number of carbonyl (C=O) groups excluding carboxylic acids is 1. The van der Waals surface area contributed by atoms with Crippen molar-refractivity contribution in [1.82, 2.24) is 4.72 Å². The van der Waals surface area contributed by atoms with Crippen LogP contribution in [0, 0.1) is 0 Å². The Morgan fingerprint density at radius 2 is 1.86 bits per heavy atom. The molecule has 1 saturated heterocycles. The molecule has 0 spiro atoms. The Morgan fingerprint density at radius 3 is 2.54 bits per heavy atom. The summed E-state index contributed by atoms with van der Waals surface area (Å²) in [4.78, 5) is 11.3. The number of esters is 1. The minimum absolute atomic E-state index is 0.126. The average molecular weight is 412 g/mol. The smallest absolute Gasteiger partial charge is 0.305 e. The molecule has 28 heavy (non-hydrogen) atoms. The normalized spacial score (nSPS) is 21.8. The summed E-state index contributed by atoms with van der Waals surface area (Å²) < 4.78 is 43.8. The maximum absolute atomic E-state index is 12.4. The quantitative estimate of drug-likeness (QED) is 0.362. The number of hydrogen-bond donors (Lipinski definition) is 1. The van der Waals surface area contributed by atoms with Crippen molar-refractivity contribution in [2.75, 3.05) is 13.7 Å². The SMILES string of the molecule is COC(=O)CCC/C=C\C[C@@H]1OC(C)(C)O[C@@H]1CNS(=O)(=O)c1ccccc1. The molecule has 1 fully saturated rings. The molecule has 2 atom stereocenters. The number of methoxy groups -OCH3 is 1. The van der Waals surface area contributed by atoms with Crippen molar-refractivity contribution in [3.63, 3.8) is 0 Å². The van der Waals surface area contributed by atoms with E-state index in [0.29, 0.717) is 12.8 Å². The molecular formula is C20H29NO6S. The van der Waals surface area contributed by atoms with Crippen LogP contribution in [0.25, 0.3) is 0 Å². The van der Waals surface area contributed by atoms with Crippen LogP contribution in [0.2, 0.25) is 0 Å². The van der Waals surface area contributed by atoms with Crippen molar-refractivity contribution in [3.05, 3.63) is 42.5 Å². The summed E-state index contributed by atoms with van der Waals surface area (Å²) in [7, 11) is -2.22. The van der Waals surface area contributed by atoms with Gasteiger partial charge < -0.3 is 14.2 Å². The molecule has 0 amide bonds. The van der Waals surface area contributed by atoms with Gasteiger partial charge in [-0.2, -0.15) is 0 Å². The first-order valence-corrected chi connectivity index (χ1v) is 10.8. The molecule has 8 heteroatoms. The molecule has 1 N–H and O–H groups in total. The van der Waals surface area contributed by atoms with E-state index in [-0.39, 0.29) is 23.5 Å². The first-order chi connectivity index (χ1) is 13.2. The molecule has 1 aliphatic heterocycles. The fourth-order valence-electron chi connectivity index (χ4n) is 2.97. The van der Waals surface area contributed by atoms with Gasteiger partial charge in [0.2, 0.25) is 10.0 Å². The van der Waals surface area contributed by atoms with Gasteiger partial charge in [-0.25, -0.2) is 13.1 Å². The molecule has 1 aromatic carbocycles. The Balaban J connectivity index is 1.86. The van der Waals surface area contributed by atoms with Gasteiger partial charge in [-0.15, -0.1) is 0 Å². The molecule has 0 aliphatic carbocycles. The summed E-state index contributed by atoms with van der Waals surface area (Å²) in [5.74, 6) is -0.986. The highest BCUT2D eigenvalue weighted by molar-refractivity contribution is 7.89. The number of nitrogens with one attached hydrogen (secondary N) is 1. The van der Waals surface area contributed by atoms with E-state index < -0.39 is 21.9 Å². The third kappa shape index (κ3) is 7.01. The number of unbranched alkanes of at least 4 members (excludes halogenated alkanes) is 1. The molecular weight excluding hydrogens is 382 g/mol. The second-order valence-electron chi connectivity index (χ2n) is 7.05. The lowest BCUT2D eigenvalue weighted by molar-refractivity contribution is -0.145. The number of hydrogen-bond acceptors (Lipinski definition) is 6. The summed E-state index contributed by atoms with van der Waals surface area (Å²) >= 11 is 0. The maximum atomic E-state index is 12.4. The summed E-state index contributed by atoms with van der Waals surface area (Å²) in [6.45, 7) is 3.75. The van der Waals surface area contributed by atoms with Gasteiger partial charge in [-0.05, 0) is 45.2 Å². The van der Waals surface area contributed by atoms with E-state index in [4.69, 9.17) is 9.47 Å². The minimum atomic E-state index is -3.60. The summed E-state index contributed by atoms with van der Waals surface area (Å²) in [6, 6.07) is 8.23. The molecule has 0 radical (unpaired) electrons. The highest BCUT2D eigenvalue weighted by atomic mass is 32.2. The molecule has 7 nitrogen and oxygen atoms in total. The fraction of sp³-hybridized carbons (Fsp3) is 0.550. The maximum Gasteiger partial charge on any atom is 0.305 e. The van der Waals surface area contributed by atoms with E-state index in [1.54, 1.807) is 30.3 Å².